The smallest absolute Gasteiger partial charge is 0.261 e. The summed E-state index contributed by atoms with van der Waals surface area (Å²) in [6, 6.07) is 6.00. The summed E-state index contributed by atoms with van der Waals surface area (Å²) in [4.78, 5) is 17.5. The van der Waals surface area contributed by atoms with Crippen LogP contribution in [0.5, 0.6) is 11.5 Å². The predicted octanol–water partition coefficient (Wildman–Crippen LogP) is 3.85. The largest absolute Gasteiger partial charge is 0.491 e. The molecule has 0 bridgehead atoms. The van der Waals surface area contributed by atoms with Gasteiger partial charge in [-0.15, -0.1) is 9.73 Å². The lowest BCUT2D eigenvalue weighted by atomic mass is 10.1. The Morgan fingerprint density at radius 1 is 1.29 bits per heavy atom. The minimum atomic E-state index is -0.527. The minimum absolute atomic E-state index is 0.0600. The Morgan fingerprint density at radius 2 is 2.06 bits per heavy atom. The van der Waals surface area contributed by atoms with E-state index in [9.17, 15) is 4.79 Å². The Labute approximate surface area is 183 Å². The van der Waals surface area contributed by atoms with Crippen molar-refractivity contribution >= 4 is 11.6 Å². The van der Waals surface area contributed by atoms with E-state index in [1.807, 2.05) is 39.8 Å². The van der Waals surface area contributed by atoms with Gasteiger partial charge >= 0.3 is 0 Å². The van der Waals surface area contributed by atoms with Gasteiger partial charge in [0.15, 0.2) is 17.7 Å². The zero-order valence-electron chi connectivity index (χ0n) is 19.3. The molecule has 2 atom stereocenters. The van der Waals surface area contributed by atoms with Crippen LogP contribution in [0.4, 0.5) is 0 Å². The van der Waals surface area contributed by atoms with Crippen LogP contribution in [0.2, 0.25) is 0 Å². The number of carbonyl (C=O) groups is 1. The van der Waals surface area contributed by atoms with Crippen molar-refractivity contribution in [2.24, 2.45) is 0 Å². The molecule has 8 nitrogen and oxygen atoms in total. The van der Waals surface area contributed by atoms with Crippen molar-refractivity contribution in [1.29, 1.82) is 0 Å². The zero-order chi connectivity index (χ0) is 22.5. The van der Waals surface area contributed by atoms with Gasteiger partial charge in [0.05, 0.1) is 12.8 Å². The van der Waals surface area contributed by atoms with E-state index in [1.165, 1.54) is 5.56 Å². The number of ether oxygens (including phenoxy) is 2. The standard InChI is InChI=1S/C23H33N5O3/c1-7-8-9-19(31-18-11-10-14(2)12-15(18)3)23(29)24-13-16(4)21-25-22-20(30-6)17(5)26-28(22)27-21/h10-12,16,19,26H,7-9,13H2,1-6H3,(H,24,29). The van der Waals surface area contributed by atoms with E-state index >= 15 is 0 Å². The first kappa shape index (κ1) is 22.7. The maximum atomic E-state index is 12.9. The summed E-state index contributed by atoms with van der Waals surface area (Å²) in [5.74, 6) is 1.90. The van der Waals surface area contributed by atoms with E-state index in [0.29, 0.717) is 30.2 Å². The Kier molecular flexibility index (Phi) is 7.20. The predicted molar refractivity (Wildman–Crippen MR) is 120 cm³/mol. The van der Waals surface area contributed by atoms with Crippen molar-refractivity contribution < 1.29 is 14.3 Å². The molecule has 2 N–H and O–H groups in total. The highest BCUT2D eigenvalue weighted by atomic mass is 16.5. The van der Waals surface area contributed by atoms with Gasteiger partial charge in [0, 0.05) is 12.5 Å². The van der Waals surface area contributed by atoms with Crippen LogP contribution in [0.1, 0.15) is 61.7 Å². The molecule has 2 heterocycles. The molecule has 31 heavy (non-hydrogen) atoms. The highest BCUT2D eigenvalue weighted by Crippen LogP contribution is 2.24. The number of hydrogen-bond acceptors (Lipinski definition) is 5. The monoisotopic (exact) mass is 427 g/mol. The number of fused-ring (bicyclic) bond motifs is 1. The Balaban J connectivity index is 1.66. The summed E-state index contributed by atoms with van der Waals surface area (Å²) in [7, 11) is 1.61. The summed E-state index contributed by atoms with van der Waals surface area (Å²) in [6.45, 7) is 10.5. The number of amides is 1. The number of nitrogens with zero attached hydrogens (tertiary/aromatic N) is 3. The Morgan fingerprint density at radius 3 is 2.74 bits per heavy atom. The quantitative estimate of drug-likeness (QED) is 0.513. The topological polar surface area (TPSA) is 93.5 Å². The van der Waals surface area contributed by atoms with Gasteiger partial charge in [0.25, 0.3) is 5.91 Å². The van der Waals surface area contributed by atoms with E-state index in [2.05, 4.69) is 33.5 Å². The second-order valence-electron chi connectivity index (χ2n) is 8.14. The van der Waals surface area contributed by atoms with Gasteiger partial charge in [0.2, 0.25) is 5.65 Å². The van der Waals surface area contributed by atoms with Crippen LogP contribution in [0, 0.1) is 20.8 Å². The zero-order valence-corrected chi connectivity index (χ0v) is 19.3. The van der Waals surface area contributed by atoms with Crippen LogP contribution < -0.4 is 14.8 Å². The number of aromatic amines is 1. The lowest BCUT2D eigenvalue weighted by Gasteiger charge is -2.21. The Bertz CT molecular complexity index is 1040. The second kappa shape index (κ2) is 9.85. The molecule has 0 aliphatic carbocycles. The third kappa shape index (κ3) is 5.18. The third-order valence-corrected chi connectivity index (χ3v) is 5.38. The molecule has 0 fully saturated rings. The van der Waals surface area contributed by atoms with E-state index in [4.69, 9.17) is 9.47 Å². The molecule has 3 rings (SSSR count). The number of hydrogen-bond donors (Lipinski definition) is 2. The molecule has 3 aromatic rings. The van der Waals surface area contributed by atoms with E-state index in [0.717, 1.165) is 29.8 Å². The Hall–Kier alpha value is -3.03. The van der Waals surface area contributed by atoms with Crippen molar-refractivity contribution in [2.75, 3.05) is 13.7 Å². The summed E-state index contributed by atoms with van der Waals surface area (Å²) in [6.07, 6.45) is 2.07. The number of benzene rings is 1. The van der Waals surface area contributed by atoms with Gasteiger partial charge in [0.1, 0.15) is 5.75 Å². The molecule has 0 aliphatic rings. The van der Waals surface area contributed by atoms with E-state index in [1.54, 1.807) is 11.7 Å². The number of rotatable bonds is 10. The van der Waals surface area contributed by atoms with Crippen LogP contribution in [-0.2, 0) is 4.79 Å². The van der Waals surface area contributed by atoms with Crippen molar-refractivity contribution in [3.8, 4) is 11.5 Å². The number of aromatic nitrogens is 4. The fraction of sp³-hybridized carbons (Fsp3) is 0.522. The number of unbranched alkanes of at least 4 members (excludes halogenated alkanes) is 1. The van der Waals surface area contributed by atoms with Crippen molar-refractivity contribution in [3.63, 3.8) is 0 Å². The number of nitrogens with one attached hydrogen (secondary N) is 2. The SMILES string of the molecule is CCCCC(Oc1ccc(C)cc1C)C(=O)NCC(C)c1nc2c(OC)c(C)[nH]n2n1. The summed E-state index contributed by atoms with van der Waals surface area (Å²) in [5, 5.41) is 10.6. The summed E-state index contributed by atoms with van der Waals surface area (Å²) < 4.78 is 13.1. The van der Waals surface area contributed by atoms with Crippen molar-refractivity contribution in [3.05, 3.63) is 40.8 Å². The normalized spacial score (nSPS) is 13.2. The highest BCUT2D eigenvalue weighted by molar-refractivity contribution is 5.81. The first-order valence-corrected chi connectivity index (χ1v) is 10.8. The van der Waals surface area contributed by atoms with E-state index < -0.39 is 6.10 Å². The molecule has 1 aromatic carbocycles. The molecule has 0 spiro atoms. The molecule has 8 heteroatoms. The van der Waals surface area contributed by atoms with Crippen LogP contribution >= 0.6 is 0 Å². The maximum absolute atomic E-state index is 12.9. The van der Waals surface area contributed by atoms with Gasteiger partial charge in [-0.2, -0.15) is 0 Å². The second-order valence-corrected chi connectivity index (χ2v) is 8.14. The number of methoxy groups -OCH3 is 1. The van der Waals surface area contributed by atoms with E-state index in [-0.39, 0.29) is 11.8 Å². The first-order chi connectivity index (χ1) is 14.8. The number of H-pyrrole nitrogens is 1. The van der Waals surface area contributed by atoms with Crippen molar-refractivity contribution in [1.82, 2.24) is 25.1 Å². The fourth-order valence-electron chi connectivity index (χ4n) is 3.56. The maximum Gasteiger partial charge on any atom is 0.261 e. The highest BCUT2D eigenvalue weighted by Gasteiger charge is 2.23. The molecule has 0 saturated heterocycles. The molecule has 2 aromatic heterocycles. The summed E-state index contributed by atoms with van der Waals surface area (Å²) in [5.41, 5.74) is 3.72. The average Bonchev–Trinajstić information content (AvgIpc) is 3.27. The third-order valence-electron chi connectivity index (χ3n) is 5.38. The van der Waals surface area contributed by atoms with Crippen molar-refractivity contribution in [2.45, 2.75) is 65.9 Å². The fourth-order valence-corrected chi connectivity index (χ4v) is 3.56. The molecular weight excluding hydrogens is 394 g/mol. The van der Waals surface area contributed by atoms with Crippen LogP contribution in [0.3, 0.4) is 0 Å². The molecule has 168 valence electrons. The first-order valence-electron chi connectivity index (χ1n) is 10.8. The number of carbonyl (C=O) groups excluding carboxylic acids is 1. The van der Waals surface area contributed by atoms with Gasteiger partial charge in [-0.25, -0.2) is 4.98 Å². The molecule has 0 aliphatic heterocycles. The minimum Gasteiger partial charge on any atom is -0.491 e. The van der Waals surface area contributed by atoms with Crippen LogP contribution in [0.25, 0.3) is 5.65 Å². The average molecular weight is 428 g/mol. The summed E-state index contributed by atoms with van der Waals surface area (Å²) >= 11 is 0. The molecule has 0 radical (unpaired) electrons. The van der Waals surface area contributed by atoms with Crippen LogP contribution in [-0.4, -0.2) is 45.5 Å². The van der Waals surface area contributed by atoms with Gasteiger partial charge in [-0.1, -0.05) is 38.0 Å². The van der Waals surface area contributed by atoms with Gasteiger partial charge in [-0.3, -0.25) is 9.89 Å². The lowest BCUT2D eigenvalue weighted by Crippen LogP contribution is -2.40. The number of aryl methyl sites for hydroxylation is 3. The molecule has 2 unspecified atom stereocenters. The van der Waals surface area contributed by atoms with Gasteiger partial charge in [-0.05, 0) is 45.2 Å². The van der Waals surface area contributed by atoms with Crippen LogP contribution in [0.15, 0.2) is 18.2 Å². The molecule has 0 saturated carbocycles. The van der Waals surface area contributed by atoms with Gasteiger partial charge < -0.3 is 14.8 Å². The lowest BCUT2D eigenvalue weighted by molar-refractivity contribution is -0.128. The molecular formula is C23H33N5O3. The molecule has 1 amide bonds.